The number of non-ortho nitro benzene ring substituents is 1. The number of nitrogens with zero attached hydrogens (tertiary/aromatic N) is 3. The lowest BCUT2D eigenvalue weighted by Crippen LogP contribution is -2.38. The number of nitro benzene ring substituents is 1. The minimum atomic E-state index is -0.372. The Balaban J connectivity index is 0.00000392. The van der Waals surface area contributed by atoms with E-state index in [2.05, 4.69) is 34.5 Å². The normalized spacial score (nSPS) is 11.0. The summed E-state index contributed by atoms with van der Waals surface area (Å²) >= 11 is 1.73. The highest BCUT2D eigenvalue weighted by atomic mass is 127. The average molecular weight is 517 g/mol. The van der Waals surface area contributed by atoms with Crippen molar-refractivity contribution in [2.75, 3.05) is 19.6 Å². The monoisotopic (exact) mass is 517 g/mol. The van der Waals surface area contributed by atoms with E-state index in [0.29, 0.717) is 0 Å². The van der Waals surface area contributed by atoms with Crippen molar-refractivity contribution in [2.24, 2.45) is 4.99 Å². The Morgan fingerprint density at radius 3 is 2.57 bits per heavy atom. The van der Waals surface area contributed by atoms with Crippen LogP contribution in [0.4, 0.5) is 5.69 Å². The van der Waals surface area contributed by atoms with E-state index >= 15 is 0 Å². The fourth-order valence-corrected chi connectivity index (χ4v) is 3.35. The Hall–Kier alpha value is -1.75. The summed E-state index contributed by atoms with van der Waals surface area (Å²) in [7, 11) is 0. The SMILES string of the molecule is CCNC(=NCCCCc1ccc([N+](=O)[O-])cc1)NCCc1ncc(C)s1.I. The molecule has 28 heavy (non-hydrogen) atoms. The average Bonchev–Trinajstić information content (AvgIpc) is 3.07. The highest BCUT2D eigenvalue weighted by molar-refractivity contribution is 14.0. The van der Waals surface area contributed by atoms with Gasteiger partial charge in [0.1, 0.15) is 0 Å². The van der Waals surface area contributed by atoms with Crippen molar-refractivity contribution in [1.29, 1.82) is 0 Å². The zero-order valence-corrected chi connectivity index (χ0v) is 19.5. The number of aromatic nitrogens is 1. The lowest BCUT2D eigenvalue weighted by Gasteiger charge is -2.10. The van der Waals surface area contributed by atoms with Gasteiger partial charge in [-0.3, -0.25) is 15.1 Å². The molecule has 154 valence electrons. The highest BCUT2D eigenvalue weighted by Gasteiger charge is 2.04. The van der Waals surface area contributed by atoms with Crippen LogP contribution < -0.4 is 10.6 Å². The first kappa shape index (κ1) is 24.3. The molecule has 0 aliphatic heterocycles. The molecule has 1 aromatic carbocycles. The van der Waals surface area contributed by atoms with Gasteiger partial charge in [0, 0.05) is 49.3 Å². The molecule has 0 atom stereocenters. The lowest BCUT2D eigenvalue weighted by molar-refractivity contribution is -0.384. The molecule has 0 saturated carbocycles. The van der Waals surface area contributed by atoms with Crippen LogP contribution in [-0.4, -0.2) is 35.5 Å². The molecule has 0 aliphatic rings. The second-order valence-corrected chi connectivity index (χ2v) is 7.50. The first-order chi connectivity index (χ1) is 13.1. The summed E-state index contributed by atoms with van der Waals surface area (Å²) in [6.45, 7) is 6.50. The summed E-state index contributed by atoms with van der Waals surface area (Å²) in [4.78, 5) is 20.5. The van der Waals surface area contributed by atoms with Gasteiger partial charge in [-0.25, -0.2) is 4.98 Å². The van der Waals surface area contributed by atoms with E-state index in [1.54, 1.807) is 23.5 Å². The van der Waals surface area contributed by atoms with E-state index in [4.69, 9.17) is 0 Å². The van der Waals surface area contributed by atoms with Crippen LogP contribution in [0, 0.1) is 17.0 Å². The fraction of sp³-hybridized carbons (Fsp3) is 0.474. The van der Waals surface area contributed by atoms with E-state index in [9.17, 15) is 10.1 Å². The molecule has 0 unspecified atom stereocenters. The predicted molar refractivity (Wildman–Crippen MR) is 126 cm³/mol. The van der Waals surface area contributed by atoms with Crippen LogP contribution in [0.25, 0.3) is 0 Å². The van der Waals surface area contributed by atoms with Gasteiger partial charge >= 0.3 is 0 Å². The summed E-state index contributed by atoms with van der Waals surface area (Å²) < 4.78 is 0. The number of hydrogen-bond acceptors (Lipinski definition) is 5. The van der Waals surface area contributed by atoms with Gasteiger partial charge < -0.3 is 10.6 Å². The van der Waals surface area contributed by atoms with Crippen molar-refractivity contribution in [3.05, 3.63) is 56.0 Å². The number of unbranched alkanes of at least 4 members (excludes halogenated alkanes) is 1. The number of halogens is 1. The molecule has 2 N–H and O–H groups in total. The topological polar surface area (TPSA) is 92.5 Å². The van der Waals surface area contributed by atoms with Gasteiger partial charge in [0.25, 0.3) is 5.69 Å². The van der Waals surface area contributed by atoms with Crippen LogP contribution in [0.5, 0.6) is 0 Å². The molecule has 7 nitrogen and oxygen atoms in total. The quantitative estimate of drug-likeness (QED) is 0.124. The number of nitrogens with one attached hydrogen (secondary N) is 2. The third-order valence-electron chi connectivity index (χ3n) is 3.94. The van der Waals surface area contributed by atoms with Crippen LogP contribution in [0.15, 0.2) is 35.5 Å². The maximum absolute atomic E-state index is 10.7. The number of nitro groups is 1. The van der Waals surface area contributed by atoms with Crippen LogP contribution in [0.3, 0.4) is 0 Å². The molecule has 0 bridgehead atoms. The number of hydrogen-bond donors (Lipinski definition) is 2. The van der Waals surface area contributed by atoms with Gasteiger partial charge in [-0.15, -0.1) is 35.3 Å². The molecule has 2 aromatic rings. The molecule has 0 aliphatic carbocycles. The summed E-state index contributed by atoms with van der Waals surface area (Å²) in [6, 6.07) is 6.77. The van der Waals surface area contributed by atoms with Crippen molar-refractivity contribution in [1.82, 2.24) is 15.6 Å². The molecule has 0 spiro atoms. The summed E-state index contributed by atoms with van der Waals surface area (Å²) in [5.74, 6) is 0.834. The maximum Gasteiger partial charge on any atom is 0.269 e. The van der Waals surface area contributed by atoms with Crippen LogP contribution in [0.2, 0.25) is 0 Å². The van der Waals surface area contributed by atoms with Crippen LogP contribution in [0.1, 0.15) is 35.2 Å². The van der Waals surface area contributed by atoms with E-state index in [1.807, 2.05) is 18.3 Å². The molecule has 1 aromatic heterocycles. The third kappa shape index (κ3) is 8.96. The fourth-order valence-electron chi connectivity index (χ4n) is 2.56. The Bertz CT molecular complexity index is 749. The van der Waals surface area contributed by atoms with Crippen molar-refractivity contribution in [3.63, 3.8) is 0 Å². The van der Waals surface area contributed by atoms with Gasteiger partial charge in [0.2, 0.25) is 0 Å². The minimum Gasteiger partial charge on any atom is -0.357 e. The molecular weight excluding hydrogens is 489 g/mol. The number of thiazole rings is 1. The molecular formula is C19H28IN5O2S. The van der Waals surface area contributed by atoms with Gasteiger partial charge in [0.05, 0.1) is 9.93 Å². The molecule has 9 heteroatoms. The Labute approximate surface area is 187 Å². The number of guanidine groups is 1. The number of rotatable bonds is 10. The van der Waals surface area contributed by atoms with E-state index in [-0.39, 0.29) is 34.6 Å². The molecule has 2 rings (SSSR count). The Morgan fingerprint density at radius 1 is 1.21 bits per heavy atom. The van der Waals surface area contributed by atoms with E-state index < -0.39 is 0 Å². The largest absolute Gasteiger partial charge is 0.357 e. The van der Waals surface area contributed by atoms with Gasteiger partial charge in [-0.05, 0) is 38.7 Å². The summed E-state index contributed by atoms with van der Waals surface area (Å²) in [5.41, 5.74) is 1.26. The lowest BCUT2D eigenvalue weighted by atomic mass is 10.1. The van der Waals surface area contributed by atoms with Crippen LogP contribution >= 0.6 is 35.3 Å². The van der Waals surface area contributed by atoms with Gasteiger partial charge in [-0.2, -0.15) is 0 Å². The van der Waals surface area contributed by atoms with Crippen LogP contribution in [-0.2, 0) is 12.8 Å². The highest BCUT2D eigenvalue weighted by Crippen LogP contribution is 2.13. The zero-order chi connectivity index (χ0) is 19.5. The number of benzene rings is 1. The Morgan fingerprint density at radius 2 is 1.96 bits per heavy atom. The standard InChI is InChI=1S/C19H27N5O2S.HI/c1-3-20-19(22-13-11-18-23-14-15(2)27-18)21-12-5-4-6-16-7-9-17(10-8-16)24(25)26;/h7-10,14H,3-6,11-13H2,1-2H3,(H2,20,21,22);1H. The van der Waals surface area contributed by atoms with Crippen molar-refractivity contribution >= 4 is 47.0 Å². The van der Waals surface area contributed by atoms with E-state index in [0.717, 1.165) is 61.8 Å². The second kappa shape index (κ2) is 13.4. The Kier molecular flexibility index (Phi) is 11.7. The summed E-state index contributed by atoms with van der Waals surface area (Å²) in [6.07, 6.45) is 5.67. The molecule has 0 radical (unpaired) electrons. The maximum atomic E-state index is 10.7. The van der Waals surface area contributed by atoms with E-state index in [1.165, 1.54) is 4.88 Å². The molecule has 0 saturated heterocycles. The van der Waals surface area contributed by atoms with Gasteiger partial charge in [0.15, 0.2) is 5.96 Å². The molecule has 0 amide bonds. The third-order valence-corrected chi connectivity index (χ3v) is 4.91. The van der Waals surface area contributed by atoms with Gasteiger partial charge in [-0.1, -0.05) is 12.1 Å². The summed E-state index contributed by atoms with van der Waals surface area (Å²) in [5, 5.41) is 18.4. The number of aryl methyl sites for hydroxylation is 2. The molecule has 1 heterocycles. The first-order valence-electron chi connectivity index (χ1n) is 9.25. The number of aliphatic imine (C=N–C) groups is 1. The van der Waals surface area contributed by atoms with Crippen molar-refractivity contribution in [3.8, 4) is 0 Å². The molecule has 0 fully saturated rings. The predicted octanol–water partition coefficient (Wildman–Crippen LogP) is 4.10. The zero-order valence-electron chi connectivity index (χ0n) is 16.3. The van der Waals surface area contributed by atoms with Crippen molar-refractivity contribution in [2.45, 2.75) is 39.5 Å². The smallest absolute Gasteiger partial charge is 0.269 e. The first-order valence-corrected chi connectivity index (χ1v) is 10.1. The minimum absolute atomic E-state index is 0. The second-order valence-electron chi connectivity index (χ2n) is 6.18. The van der Waals surface area contributed by atoms with Crippen molar-refractivity contribution < 1.29 is 4.92 Å².